The first kappa shape index (κ1) is 18.6. The second-order valence-corrected chi connectivity index (χ2v) is 6.39. The summed E-state index contributed by atoms with van der Waals surface area (Å²) in [6.45, 7) is 10.3. The van der Waals surface area contributed by atoms with E-state index in [1.54, 1.807) is 26.0 Å². The molecule has 5 nitrogen and oxygen atoms in total. The van der Waals surface area contributed by atoms with Crippen molar-refractivity contribution >= 4 is 17.5 Å². The monoisotopic (exact) mass is 341 g/mol. The molecule has 132 valence electrons. The van der Waals surface area contributed by atoms with Crippen LogP contribution in [-0.4, -0.2) is 28.6 Å². The Balaban J connectivity index is 2.20. The van der Waals surface area contributed by atoms with Crippen LogP contribution >= 0.6 is 0 Å². The number of Topliss-reactive ketones (excluding diaryl/α,β-unsaturated/α-hetero) is 2. The van der Waals surface area contributed by atoms with Crippen LogP contribution in [0.4, 0.5) is 0 Å². The van der Waals surface area contributed by atoms with E-state index in [4.69, 9.17) is 4.74 Å². The van der Waals surface area contributed by atoms with E-state index in [0.29, 0.717) is 28.1 Å². The summed E-state index contributed by atoms with van der Waals surface area (Å²) < 4.78 is 5.32. The van der Waals surface area contributed by atoms with Crippen molar-refractivity contribution in [2.24, 2.45) is 0 Å². The molecule has 0 aliphatic carbocycles. The Hall–Kier alpha value is -2.69. The zero-order valence-corrected chi connectivity index (χ0v) is 15.4. The van der Waals surface area contributed by atoms with Gasteiger partial charge in [-0.25, -0.2) is 4.79 Å². The molecule has 0 saturated heterocycles. The quantitative estimate of drug-likeness (QED) is 0.661. The third-order valence-electron chi connectivity index (χ3n) is 4.43. The smallest absolute Gasteiger partial charge is 0.338 e. The van der Waals surface area contributed by atoms with Gasteiger partial charge in [-0.2, -0.15) is 0 Å². The lowest BCUT2D eigenvalue weighted by Gasteiger charge is -2.13. The number of ether oxygens (including phenoxy) is 1. The summed E-state index contributed by atoms with van der Waals surface area (Å²) >= 11 is 0. The molecule has 1 aromatic carbocycles. The van der Waals surface area contributed by atoms with Crippen molar-refractivity contribution in [2.45, 2.75) is 47.6 Å². The third kappa shape index (κ3) is 3.71. The highest BCUT2D eigenvalue weighted by molar-refractivity contribution is 6.05. The number of ketones is 2. The Morgan fingerprint density at radius 3 is 2.20 bits per heavy atom. The molecular formula is C20H23NO4. The van der Waals surface area contributed by atoms with E-state index < -0.39 is 12.1 Å². The van der Waals surface area contributed by atoms with Crippen molar-refractivity contribution in [3.05, 3.63) is 57.4 Å². The van der Waals surface area contributed by atoms with Gasteiger partial charge >= 0.3 is 5.97 Å². The second kappa shape index (κ2) is 7.05. The maximum absolute atomic E-state index is 12.6. The fourth-order valence-electron chi connectivity index (χ4n) is 2.88. The molecular weight excluding hydrogens is 318 g/mol. The maximum atomic E-state index is 12.6. The van der Waals surface area contributed by atoms with E-state index in [0.717, 1.165) is 11.1 Å². The normalized spacial score (nSPS) is 11.9. The number of aromatic amines is 1. The number of hydrogen-bond donors (Lipinski definition) is 1. The number of esters is 1. The summed E-state index contributed by atoms with van der Waals surface area (Å²) in [6.07, 6.45) is -0.953. The maximum Gasteiger partial charge on any atom is 0.338 e. The molecule has 0 amide bonds. The zero-order valence-electron chi connectivity index (χ0n) is 15.4. The number of H-pyrrole nitrogens is 1. The molecule has 0 aliphatic rings. The van der Waals surface area contributed by atoms with Crippen LogP contribution in [-0.2, 0) is 4.74 Å². The van der Waals surface area contributed by atoms with Gasteiger partial charge < -0.3 is 9.72 Å². The van der Waals surface area contributed by atoms with Gasteiger partial charge in [0.1, 0.15) is 0 Å². The number of benzene rings is 1. The molecule has 5 heteroatoms. The Bertz CT molecular complexity index is 861. The molecule has 0 fully saturated rings. The topological polar surface area (TPSA) is 76.2 Å². The fourth-order valence-corrected chi connectivity index (χ4v) is 2.88. The molecule has 1 heterocycles. The molecule has 2 aromatic rings. The molecule has 0 radical (unpaired) electrons. The summed E-state index contributed by atoms with van der Waals surface area (Å²) in [5.74, 6) is -1.01. The van der Waals surface area contributed by atoms with Crippen LogP contribution in [0.25, 0.3) is 0 Å². The zero-order chi connectivity index (χ0) is 18.9. The van der Waals surface area contributed by atoms with Gasteiger partial charge in [-0.3, -0.25) is 9.59 Å². The molecule has 0 bridgehead atoms. The first-order valence-electron chi connectivity index (χ1n) is 8.16. The number of carbonyl (C=O) groups is 3. The van der Waals surface area contributed by atoms with E-state index >= 15 is 0 Å². The highest BCUT2D eigenvalue weighted by Crippen LogP contribution is 2.21. The predicted octanol–water partition coefficient (Wildman–Crippen LogP) is 3.88. The lowest BCUT2D eigenvalue weighted by Crippen LogP contribution is -2.25. The van der Waals surface area contributed by atoms with Gasteiger partial charge in [0.05, 0.1) is 11.3 Å². The van der Waals surface area contributed by atoms with Crippen molar-refractivity contribution in [3.63, 3.8) is 0 Å². The summed E-state index contributed by atoms with van der Waals surface area (Å²) in [4.78, 5) is 39.5. The molecule has 1 atom stereocenters. The Morgan fingerprint density at radius 2 is 1.68 bits per heavy atom. The van der Waals surface area contributed by atoms with Crippen LogP contribution in [0.5, 0.6) is 0 Å². The minimum Gasteiger partial charge on any atom is -0.451 e. The van der Waals surface area contributed by atoms with Crippen molar-refractivity contribution in [1.82, 2.24) is 4.98 Å². The average molecular weight is 341 g/mol. The van der Waals surface area contributed by atoms with Gasteiger partial charge in [-0.05, 0) is 70.4 Å². The van der Waals surface area contributed by atoms with Gasteiger partial charge in [0.15, 0.2) is 11.9 Å². The lowest BCUT2D eigenvalue weighted by molar-refractivity contribution is 0.0317. The van der Waals surface area contributed by atoms with E-state index in [9.17, 15) is 14.4 Å². The largest absolute Gasteiger partial charge is 0.451 e. The number of carbonyl (C=O) groups excluding carboxylic acids is 3. The van der Waals surface area contributed by atoms with Gasteiger partial charge in [-0.1, -0.05) is 6.07 Å². The standard InChI is InChI=1S/C20H23NO4/c1-10-7-8-16(9-11(10)2)20(24)25-15(6)19(23)18-12(3)17(14(5)22)13(4)21-18/h7-9,15,21H,1-6H3/t15-/m1/s1. The summed E-state index contributed by atoms with van der Waals surface area (Å²) in [6, 6.07) is 5.27. The van der Waals surface area contributed by atoms with Crippen molar-refractivity contribution < 1.29 is 19.1 Å². The Morgan fingerprint density at radius 1 is 1.04 bits per heavy atom. The SMILES string of the molecule is CC(=O)c1c(C)[nH]c(C(=O)[C@@H](C)OC(=O)c2ccc(C)c(C)c2)c1C. The minimum atomic E-state index is -0.953. The molecule has 0 aliphatic heterocycles. The number of hydrogen-bond acceptors (Lipinski definition) is 4. The molecule has 2 rings (SSSR count). The van der Waals surface area contributed by atoms with Crippen molar-refractivity contribution in [2.75, 3.05) is 0 Å². The van der Waals surface area contributed by atoms with Gasteiger partial charge in [0, 0.05) is 11.3 Å². The molecule has 1 aromatic heterocycles. The molecule has 0 saturated carbocycles. The molecule has 1 N–H and O–H groups in total. The predicted molar refractivity (Wildman–Crippen MR) is 95.4 cm³/mol. The summed E-state index contributed by atoms with van der Waals surface area (Å²) in [7, 11) is 0. The number of aromatic nitrogens is 1. The summed E-state index contributed by atoms with van der Waals surface area (Å²) in [5, 5.41) is 0. The number of nitrogens with one attached hydrogen (secondary N) is 1. The van der Waals surface area contributed by atoms with Crippen molar-refractivity contribution in [3.8, 4) is 0 Å². The molecule has 0 unspecified atom stereocenters. The van der Waals surface area contributed by atoms with Gasteiger partial charge in [0.25, 0.3) is 0 Å². The lowest BCUT2D eigenvalue weighted by atomic mass is 10.0. The third-order valence-corrected chi connectivity index (χ3v) is 4.43. The first-order chi connectivity index (χ1) is 11.6. The van der Waals surface area contributed by atoms with E-state index in [1.807, 2.05) is 19.9 Å². The Kier molecular flexibility index (Phi) is 5.26. The van der Waals surface area contributed by atoms with Crippen molar-refractivity contribution in [1.29, 1.82) is 0 Å². The van der Waals surface area contributed by atoms with Crippen LogP contribution in [0.1, 0.15) is 67.4 Å². The Labute approximate surface area is 147 Å². The second-order valence-electron chi connectivity index (χ2n) is 6.39. The van der Waals surface area contributed by atoms with Crippen LogP contribution in [0.2, 0.25) is 0 Å². The highest BCUT2D eigenvalue weighted by atomic mass is 16.5. The number of rotatable bonds is 5. The highest BCUT2D eigenvalue weighted by Gasteiger charge is 2.26. The molecule has 25 heavy (non-hydrogen) atoms. The number of aryl methyl sites for hydroxylation is 3. The van der Waals surface area contributed by atoms with Crippen LogP contribution < -0.4 is 0 Å². The fraction of sp³-hybridized carbons (Fsp3) is 0.350. The van der Waals surface area contributed by atoms with Crippen LogP contribution in [0.3, 0.4) is 0 Å². The minimum absolute atomic E-state index is 0.106. The van der Waals surface area contributed by atoms with E-state index in [2.05, 4.69) is 4.98 Å². The van der Waals surface area contributed by atoms with E-state index in [-0.39, 0.29) is 11.6 Å². The molecule has 0 spiro atoms. The van der Waals surface area contributed by atoms with Crippen LogP contribution in [0.15, 0.2) is 18.2 Å². The summed E-state index contributed by atoms with van der Waals surface area (Å²) in [5.41, 5.74) is 4.51. The average Bonchev–Trinajstić information content (AvgIpc) is 2.83. The van der Waals surface area contributed by atoms with Gasteiger partial charge in [-0.15, -0.1) is 0 Å². The van der Waals surface area contributed by atoms with Crippen LogP contribution in [0, 0.1) is 27.7 Å². The van der Waals surface area contributed by atoms with E-state index in [1.165, 1.54) is 13.8 Å². The first-order valence-corrected chi connectivity index (χ1v) is 8.16. The van der Waals surface area contributed by atoms with Gasteiger partial charge in [0.2, 0.25) is 5.78 Å².